The molecule has 0 spiro atoms. The van der Waals surface area contributed by atoms with Gasteiger partial charge in [0.05, 0.1) is 0 Å². The molecule has 0 unspecified atom stereocenters. The number of ketones is 1. The SMILES string of the molecule is CN(C)c1ccc(/C=C2/CCC/C(=C\c3ccc(N(C)C)cc3)C2=O)cc1. The van der Waals surface area contributed by atoms with Crippen molar-refractivity contribution in [2.24, 2.45) is 0 Å². The minimum atomic E-state index is 0.189. The van der Waals surface area contributed by atoms with Gasteiger partial charge in [0.1, 0.15) is 0 Å². The van der Waals surface area contributed by atoms with Crippen molar-refractivity contribution in [1.82, 2.24) is 0 Å². The Hall–Kier alpha value is -2.81. The lowest BCUT2D eigenvalue weighted by Gasteiger charge is -2.17. The summed E-state index contributed by atoms with van der Waals surface area (Å²) in [5.74, 6) is 0.189. The van der Waals surface area contributed by atoms with Crippen LogP contribution in [0, 0.1) is 0 Å². The lowest BCUT2D eigenvalue weighted by Crippen LogP contribution is -2.12. The van der Waals surface area contributed by atoms with Crippen LogP contribution in [0.2, 0.25) is 0 Å². The molecule has 3 nitrogen and oxygen atoms in total. The molecule has 3 rings (SSSR count). The summed E-state index contributed by atoms with van der Waals surface area (Å²) in [6.45, 7) is 0. The Kier molecular flexibility index (Phi) is 5.80. The van der Waals surface area contributed by atoms with E-state index < -0.39 is 0 Å². The van der Waals surface area contributed by atoms with Crippen LogP contribution in [0.5, 0.6) is 0 Å². The molecule has 0 aromatic heterocycles. The van der Waals surface area contributed by atoms with E-state index in [1.807, 2.05) is 40.3 Å². The van der Waals surface area contributed by atoms with Crippen molar-refractivity contribution in [2.75, 3.05) is 38.0 Å². The summed E-state index contributed by atoms with van der Waals surface area (Å²) in [5.41, 5.74) is 6.31. The molecule has 1 saturated carbocycles. The maximum absolute atomic E-state index is 12.9. The molecule has 0 radical (unpaired) electrons. The molecule has 0 amide bonds. The van der Waals surface area contributed by atoms with Gasteiger partial charge >= 0.3 is 0 Å². The lowest BCUT2D eigenvalue weighted by molar-refractivity contribution is -0.112. The van der Waals surface area contributed by atoms with Gasteiger partial charge in [0, 0.05) is 50.7 Å². The Morgan fingerprint density at radius 2 is 1.04 bits per heavy atom. The summed E-state index contributed by atoms with van der Waals surface area (Å²) in [6, 6.07) is 16.7. The van der Waals surface area contributed by atoms with E-state index in [0.717, 1.165) is 52.9 Å². The second-order valence-corrected chi connectivity index (χ2v) is 7.49. The molecule has 0 saturated heterocycles. The first-order valence-corrected chi connectivity index (χ1v) is 9.44. The maximum atomic E-state index is 12.9. The van der Waals surface area contributed by atoms with Crippen LogP contribution in [0.3, 0.4) is 0 Å². The van der Waals surface area contributed by atoms with Crippen molar-refractivity contribution in [3.63, 3.8) is 0 Å². The van der Waals surface area contributed by atoms with Crippen LogP contribution >= 0.6 is 0 Å². The van der Waals surface area contributed by atoms with Crippen LogP contribution in [0.15, 0.2) is 59.7 Å². The number of hydrogen-bond donors (Lipinski definition) is 0. The van der Waals surface area contributed by atoms with E-state index in [-0.39, 0.29) is 5.78 Å². The van der Waals surface area contributed by atoms with Gasteiger partial charge in [-0.3, -0.25) is 4.79 Å². The zero-order valence-corrected chi connectivity index (χ0v) is 16.7. The van der Waals surface area contributed by atoms with Crippen LogP contribution in [0.25, 0.3) is 12.2 Å². The monoisotopic (exact) mass is 360 g/mol. The third-order valence-electron chi connectivity index (χ3n) is 4.98. The second-order valence-electron chi connectivity index (χ2n) is 7.49. The fourth-order valence-electron chi connectivity index (χ4n) is 3.32. The molecule has 1 aliphatic rings. The van der Waals surface area contributed by atoms with Gasteiger partial charge in [-0.25, -0.2) is 0 Å². The molecule has 1 fully saturated rings. The average Bonchev–Trinajstić information content (AvgIpc) is 2.66. The third-order valence-corrected chi connectivity index (χ3v) is 4.98. The van der Waals surface area contributed by atoms with Crippen molar-refractivity contribution in [3.05, 3.63) is 70.8 Å². The van der Waals surface area contributed by atoms with Crippen LogP contribution in [0.1, 0.15) is 30.4 Å². The number of allylic oxidation sites excluding steroid dienone is 2. The third kappa shape index (κ3) is 4.68. The number of carbonyl (C=O) groups is 1. The molecule has 0 atom stereocenters. The Bertz CT molecular complexity index is 785. The molecule has 0 N–H and O–H groups in total. The summed E-state index contributed by atoms with van der Waals surface area (Å²) in [6.07, 6.45) is 6.82. The Balaban J connectivity index is 1.80. The molecule has 140 valence electrons. The normalized spacial score (nSPS) is 17.4. The molecule has 1 aliphatic carbocycles. The highest BCUT2D eigenvalue weighted by atomic mass is 16.1. The summed E-state index contributed by atoms with van der Waals surface area (Å²) in [5, 5.41) is 0. The van der Waals surface area contributed by atoms with Gasteiger partial charge in [-0.1, -0.05) is 24.3 Å². The molecule has 0 bridgehead atoms. The molecule has 2 aromatic rings. The Morgan fingerprint density at radius 1 is 0.667 bits per heavy atom. The van der Waals surface area contributed by atoms with Crippen molar-refractivity contribution < 1.29 is 4.79 Å². The van der Waals surface area contributed by atoms with Gasteiger partial charge in [0.2, 0.25) is 0 Å². The zero-order valence-electron chi connectivity index (χ0n) is 16.7. The fraction of sp³-hybridized carbons (Fsp3) is 0.292. The van der Waals surface area contributed by atoms with Gasteiger partial charge < -0.3 is 9.80 Å². The van der Waals surface area contributed by atoms with E-state index in [4.69, 9.17) is 0 Å². The molecule has 0 aliphatic heterocycles. The van der Waals surface area contributed by atoms with Gasteiger partial charge in [0.15, 0.2) is 5.78 Å². The minimum absolute atomic E-state index is 0.189. The van der Waals surface area contributed by atoms with Gasteiger partial charge in [-0.05, 0) is 66.8 Å². The topological polar surface area (TPSA) is 23.6 Å². The molecule has 0 heterocycles. The summed E-state index contributed by atoms with van der Waals surface area (Å²) < 4.78 is 0. The van der Waals surface area contributed by atoms with E-state index in [1.165, 1.54) is 0 Å². The first-order chi connectivity index (χ1) is 12.9. The second kappa shape index (κ2) is 8.26. The smallest absolute Gasteiger partial charge is 0.185 e. The summed E-state index contributed by atoms with van der Waals surface area (Å²) >= 11 is 0. The van der Waals surface area contributed by atoms with E-state index in [9.17, 15) is 4.79 Å². The maximum Gasteiger partial charge on any atom is 0.185 e. The van der Waals surface area contributed by atoms with E-state index in [2.05, 4.69) is 58.3 Å². The van der Waals surface area contributed by atoms with Crippen molar-refractivity contribution in [2.45, 2.75) is 19.3 Å². The molecule has 3 heteroatoms. The van der Waals surface area contributed by atoms with Crippen LogP contribution in [-0.4, -0.2) is 34.0 Å². The number of hydrogen-bond acceptors (Lipinski definition) is 3. The summed E-state index contributed by atoms with van der Waals surface area (Å²) in [4.78, 5) is 17.1. The minimum Gasteiger partial charge on any atom is -0.378 e. The van der Waals surface area contributed by atoms with Crippen LogP contribution in [-0.2, 0) is 4.79 Å². The largest absolute Gasteiger partial charge is 0.378 e. The van der Waals surface area contributed by atoms with E-state index >= 15 is 0 Å². The predicted molar refractivity (Wildman–Crippen MR) is 116 cm³/mol. The predicted octanol–water partition coefficient (Wildman–Crippen LogP) is 5.04. The molecular weight excluding hydrogens is 332 g/mol. The van der Waals surface area contributed by atoms with Crippen molar-refractivity contribution >= 4 is 29.3 Å². The quantitative estimate of drug-likeness (QED) is 0.714. The zero-order chi connectivity index (χ0) is 19.4. The first kappa shape index (κ1) is 19.0. The highest BCUT2D eigenvalue weighted by Crippen LogP contribution is 2.28. The summed E-state index contributed by atoms with van der Waals surface area (Å²) in [7, 11) is 8.11. The number of carbonyl (C=O) groups excluding carboxylic acids is 1. The first-order valence-electron chi connectivity index (χ1n) is 9.44. The number of rotatable bonds is 4. The number of Topliss-reactive ketones (excluding diaryl/α,β-unsaturated/α-hetero) is 1. The van der Waals surface area contributed by atoms with E-state index in [1.54, 1.807) is 0 Å². The Labute approximate surface area is 162 Å². The lowest BCUT2D eigenvalue weighted by atomic mass is 9.87. The number of anilines is 2. The van der Waals surface area contributed by atoms with Gasteiger partial charge in [0.25, 0.3) is 0 Å². The molecule has 27 heavy (non-hydrogen) atoms. The van der Waals surface area contributed by atoms with Crippen LogP contribution < -0.4 is 9.80 Å². The van der Waals surface area contributed by atoms with Crippen molar-refractivity contribution in [1.29, 1.82) is 0 Å². The molecule has 2 aromatic carbocycles. The van der Waals surface area contributed by atoms with E-state index in [0.29, 0.717) is 0 Å². The van der Waals surface area contributed by atoms with Gasteiger partial charge in [-0.2, -0.15) is 0 Å². The standard InChI is InChI=1S/C24H28N2O/c1-25(2)22-12-8-18(9-13-22)16-20-6-5-7-21(24(20)27)17-19-10-14-23(15-11-19)26(3)4/h8-17H,5-7H2,1-4H3/b20-16-,21-17+. The Morgan fingerprint density at radius 3 is 1.37 bits per heavy atom. The van der Waals surface area contributed by atoms with Gasteiger partial charge in [-0.15, -0.1) is 0 Å². The number of benzene rings is 2. The van der Waals surface area contributed by atoms with Crippen molar-refractivity contribution in [3.8, 4) is 0 Å². The number of nitrogens with zero attached hydrogens (tertiary/aromatic N) is 2. The fourth-order valence-corrected chi connectivity index (χ4v) is 3.32. The average molecular weight is 361 g/mol. The highest BCUT2D eigenvalue weighted by molar-refractivity contribution is 6.14. The van der Waals surface area contributed by atoms with Crippen LogP contribution in [0.4, 0.5) is 11.4 Å². The molecular formula is C24H28N2O. The highest BCUT2D eigenvalue weighted by Gasteiger charge is 2.20.